The van der Waals surface area contributed by atoms with Gasteiger partial charge >= 0.3 is 0 Å². The summed E-state index contributed by atoms with van der Waals surface area (Å²) in [6.45, 7) is 5.41. The highest BCUT2D eigenvalue weighted by molar-refractivity contribution is 5.93. The molecule has 3 N–H and O–H groups in total. The molecular weight excluding hydrogens is 294 g/mol. The average Bonchev–Trinajstić information content (AvgIpc) is 2.54. The monoisotopic (exact) mass is 320 g/mol. The van der Waals surface area contributed by atoms with Crippen molar-refractivity contribution in [1.82, 2.24) is 0 Å². The van der Waals surface area contributed by atoms with Crippen LogP contribution in [0.2, 0.25) is 0 Å². The van der Waals surface area contributed by atoms with Gasteiger partial charge in [-0.15, -0.1) is 0 Å². The maximum absolute atomic E-state index is 12.2. The molecule has 1 heterocycles. The SMILES string of the molecule is CCc1ccc(NC(=O)C[C@H](C(=O)[O-])[NH+]2CC[NH+](C)CC2)cc1. The van der Waals surface area contributed by atoms with Gasteiger partial charge in [-0.1, -0.05) is 19.1 Å². The summed E-state index contributed by atoms with van der Waals surface area (Å²) < 4.78 is 0. The molecule has 2 rings (SSSR count). The molecule has 1 aromatic rings. The molecule has 6 heteroatoms. The number of hydrogen-bond acceptors (Lipinski definition) is 3. The van der Waals surface area contributed by atoms with Gasteiger partial charge in [0.2, 0.25) is 5.91 Å². The van der Waals surface area contributed by atoms with Gasteiger partial charge in [0.05, 0.1) is 19.4 Å². The number of carboxylic acid groups (broad SMARTS) is 1. The lowest BCUT2D eigenvalue weighted by molar-refractivity contribution is -1.01. The van der Waals surface area contributed by atoms with E-state index in [0.29, 0.717) is 5.69 Å². The maximum Gasteiger partial charge on any atom is 0.230 e. The van der Waals surface area contributed by atoms with E-state index in [1.54, 1.807) is 0 Å². The van der Waals surface area contributed by atoms with Crippen LogP contribution < -0.4 is 20.2 Å². The summed E-state index contributed by atoms with van der Waals surface area (Å²) in [5.74, 6) is -1.42. The summed E-state index contributed by atoms with van der Waals surface area (Å²) in [7, 11) is 2.09. The number of carbonyl (C=O) groups is 2. The number of hydrogen-bond donors (Lipinski definition) is 3. The van der Waals surface area contributed by atoms with Crippen LogP contribution in [0.5, 0.6) is 0 Å². The van der Waals surface area contributed by atoms with Crippen LogP contribution >= 0.6 is 0 Å². The van der Waals surface area contributed by atoms with Crippen molar-refractivity contribution in [3.8, 4) is 0 Å². The Morgan fingerprint density at radius 1 is 1.17 bits per heavy atom. The topological polar surface area (TPSA) is 78.1 Å². The fourth-order valence-electron chi connectivity index (χ4n) is 2.96. The van der Waals surface area contributed by atoms with Gasteiger partial charge in [-0.2, -0.15) is 0 Å². The lowest BCUT2D eigenvalue weighted by atomic mass is 10.1. The predicted octanol–water partition coefficient (Wildman–Crippen LogP) is -2.89. The minimum Gasteiger partial charge on any atom is -0.544 e. The molecule has 6 nitrogen and oxygen atoms in total. The van der Waals surface area contributed by atoms with Gasteiger partial charge in [0.1, 0.15) is 32.2 Å². The van der Waals surface area contributed by atoms with E-state index < -0.39 is 12.0 Å². The Labute approximate surface area is 137 Å². The number of aliphatic carboxylic acids is 1. The second kappa shape index (κ2) is 8.08. The number of rotatable bonds is 6. The number of piperazine rings is 1. The molecule has 1 aliphatic rings. The summed E-state index contributed by atoms with van der Waals surface area (Å²) in [6, 6.07) is 6.83. The molecule has 1 aliphatic heterocycles. The molecule has 23 heavy (non-hydrogen) atoms. The van der Waals surface area contributed by atoms with Crippen molar-refractivity contribution in [1.29, 1.82) is 0 Å². The molecule has 1 fully saturated rings. The minimum atomic E-state index is -1.14. The van der Waals surface area contributed by atoms with Gasteiger partial charge < -0.3 is 25.0 Å². The summed E-state index contributed by atoms with van der Waals surface area (Å²) in [5, 5.41) is 14.2. The summed E-state index contributed by atoms with van der Waals surface area (Å²) >= 11 is 0. The fraction of sp³-hybridized carbons (Fsp3) is 0.529. The van der Waals surface area contributed by atoms with Gasteiger partial charge in [-0.3, -0.25) is 4.79 Å². The van der Waals surface area contributed by atoms with E-state index in [1.165, 1.54) is 10.5 Å². The standard InChI is InChI=1S/C17H25N3O3/c1-3-13-4-6-14(7-5-13)18-16(21)12-15(17(22)23)20-10-8-19(2)9-11-20/h4-7,15H,3,8-12H2,1-2H3,(H,18,21)(H,22,23)/p+1/t15-/m1/s1. The van der Waals surface area contributed by atoms with Crippen molar-refractivity contribution in [3.05, 3.63) is 29.8 Å². The highest BCUT2D eigenvalue weighted by atomic mass is 16.4. The zero-order valence-electron chi connectivity index (χ0n) is 13.9. The van der Waals surface area contributed by atoms with E-state index in [2.05, 4.69) is 19.3 Å². The predicted molar refractivity (Wildman–Crippen MR) is 85.2 cm³/mol. The Hall–Kier alpha value is -1.92. The molecule has 0 unspecified atom stereocenters. The fourth-order valence-corrected chi connectivity index (χ4v) is 2.96. The van der Waals surface area contributed by atoms with Crippen LogP contribution in [0.15, 0.2) is 24.3 Å². The molecule has 0 radical (unpaired) electrons. The largest absolute Gasteiger partial charge is 0.544 e. The van der Waals surface area contributed by atoms with Gasteiger partial charge in [0.15, 0.2) is 0 Å². The van der Waals surface area contributed by atoms with Gasteiger partial charge in [0.25, 0.3) is 0 Å². The zero-order chi connectivity index (χ0) is 16.8. The van der Waals surface area contributed by atoms with Crippen molar-refractivity contribution in [2.45, 2.75) is 25.8 Å². The first-order valence-corrected chi connectivity index (χ1v) is 8.25. The lowest BCUT2D eigenvalue weighted by Crippen LogP contribution is -3.29. The molecule has 1 amide bonds. The molecule has 1 atom stereocenters. The van der Waals surface area contributed by atoms with Crippen molar-refractivity contribution >= 4 is 17.6 Å². The van der Waals surface area contributed by atoms with Crippen molar-refractivity contribution in [2.75, 3.05) is 38.5 Å². The van der Waals surface area contributed by atoms with Crippen LogP contribution in [0.25, 0.3) is 0 Å². The van der Waals surface area contributed by atoms with E-state index in [1.807, 2.05) is 24.3 Å². The van der Waals surface area contributed by atoms with Crippen molar-refractivity contribution in [2.24, 2.45) is 0 Å². The summed E-state index contributed by atoms with van der Waals surface area (Å²) in [4.78, 5) is 25.9. The minimum absolute atomic E-state index is 0.0494. The number of benzene rings is 1. The lowest BCUT2D eigenvalue weighted by Gasteiger charge is -2.33. The Bertz CT molecular complexity index is 537. The number of carbonyl (C=O) groups excluding carboxylic acids is 2. The summed E-state index contributed by atoms with van der Waals surface area (Å²) in [6.07, 6.45) is 0.891. The van der Waals surface area contributed by atoms with Crippen LogP contribution in [0.1, 0.15) is 18.9 Å². The summed E-state index contributed by atoms with van der Waals surface area (Å²) in [5.41, 5.74) is 1.89. The Morgan fingerprint density at radius 3 is 2.30 bits per heavy atom. The highest BCUT2D eigenvalue weighted by Crippen LogP contribution is 2.10. The number of nitrogens with one attached hydrogen (secondary N) is 3. The zero-order valence-corrected chi connectivity index (χ0v) is 13.9. The first-order valence-electron chi connectivity index (χ1n) is 8.25. The second-order valence-corrected chi connectivity index (χ2v) is 6.29. The van der Waals surface area contributed by atoms with Crippen LogP contribution in [0, 0.1) is 0 Å². The van der Waals surface area contributed by atoms with Gasteiger partial charge in [-0.25, -0.2) is 0 Å². The van der Waals surface area contributed by atoms with Gasteiger partial charge in [-0.05, 0) is 24.1 Å². The molecule has 0 spiro atoms. The smallest absolute Gasteiger partial charge is 0.230 e. The van der Waals surface area contributed by atoms with E-state index >= 15 is 0 Å². The molecule has 1 saturated heterocycles. The Balaban J connectivity index is 1.93. The first-order chi connectivity index (χ1) is 11.0. The molecule has 126 valence electrons. The van der Waals surface area contributed by atoms with E-state index in [-0.39, 0.29) is 12.3 Å². The molecule has 0 bridgehead atoms. The van der Waals surface area contributed by atoms with Gasteiger partial charge in [0, 0.05) is 5.69 Å². The first kappa shape index (κ1) is 17.4. The number of carboxylic acids is 1. The van der Waals surface area contributed by atoms with E-state index in [9.17, 15) is 14.7 Å². The highest BCUT2D eigenvalue weighted by Gasteiger charge is 2.30. The Kier molecular flexibility index (Phi) is 6.12. The van der Waals surface area contributed by atoms with Crippen LogP contribution in [-0.4, -0.2) is 51.1 Å². The number of amides is 1. The number of anilines is 1. The molecule has 1 aromatic carbocycles. The number of quaternary nitrogens is 2. The average molecular weight is 320 g/mol. The Morgan fingerprint density at radius 2 is 1.78 bits per heavy atom. The third kappa shape index (κ3) is 5.04. The number of aryl methyl sites for hydroxylation is 1. The third-order valence-corrected chi connectivity index (χ3v) is 4.56. The molecule has 0 aliphatic carbocycles. The third-order valence-electron chi connectivity index (χ3n) is 4.56. The second-order valence-electron chi connectivity index (χ2n) is 6.29. The normalized spacial score (nSPS) is 22.3. The number of likely N-dealkylation sites (N-methyl/N-ethyl adjacent to an activating group) is 1. The molecular formula is C17H26N3O3+. The maximum atomic E-state index is 12.2. The van der Waals surface area contributed by atoms with Crippen LogP contribution in [-0.2, 0) is 16.0 Å². The van der Waals surface area contributed by atoms with Crippen LogP contribution in [0.3, 0.4) is 0 Å². The molecule has 0 saturated carbocycles. The van der Waals surface area contributed by atoms with Crippen molar-refractivity contribution < 1.29 is 24.5 Å². The van der Waals surface area contributed by atoms with E-state index in [0.717, 1.165) is 37.5 Å². The van der Waals surface area contributed by atoms with Crippen molar-refractivity contribution in [3.63, 3.8) is 0 Å². The van der Waals surface area contributed by atoms with E-state index in [4.69, 9.17) is 0 Å². The van der Waals surface area contributed by atoms with Crippen LogP contribution in [0.4, 0.5) is 5.69 Å². The molecule has 0 aromatic heterocycles. The quantitative estimate of drug-likeness (QED) is 0.527.